The van der Waals surface area contributed by atoms with Crippen molar-refractivity contribution >= 4 is 27.9 Å². The Bertz CT molecular complexity index is 741. The lowest BCUT2D eigenvalue weighted by Gasteiger charge is -2.22. The van der Waals surface area contributed by atoms with Gasteiger partial charge in [0, 0.05) is 10.5 Å². The number of urea groups is 1. The second-order valence-corrected chi connectivity index (χ2v) is 6.30. The topological polar surface area (TPSA) is 75.4 Å². The van der Waals surface area contributed by atoms with Gasteiger partial charge in [0.1, 0.15) is 17.0 Å². The molecule has 1 aromatic carbocycles. The summed E-state index contributed by atoms with van der Waals surface area (Å²) in [5.41, 5.74) is 0.199. The van der Waals surface area contributed by atoms with Crippen molar-refractivity contribution in [1.29, 1.82) is 0 Å². The average Bonchev–Trinajstić information content (AvgIpc) is 2.97. The Labute approximate surface area is 135 Å². The minimum absolute atomic E-state index is 0.0914. The molecule has 1 N–H and O–H groups in total. The molecule has 7 heteroatoms. The first kappa shape index (κ1) is 14.8. The van der Waals surface area contributed by atoms with Crippen molar-refractivity contribution in [3.63, 3.8) is 0 Å². The second-order valence-electron chi connectivity index (χ2n) is 5.38. The fourth-order valence-corrected chi connectivity index (χ4v) is 2.74. The summed E-state index contributed by atoms with van der Waals surface area (Å²) in [5.74, 6) is 0.332. The maximum absolute atomic E-state index is 12.7. The van der Waals surface area contributed by atoms with E-state index in [1.54, 1.807) is 19.9 Å². The number of amides is 3. The van der Waals surface area contributed by atoms with E-state index in [1.807, 2.05) is 24.3 Å². The molecule has 1 saturated heterocycles. The van der Waals surface area contributed by atoms with Gasteiger partial charge in [0.05, 0.1) is 6.54 Å². The van der Waals surface area contributed by atoms with Crippen molar-refractivity contribution in [2.75, 3.05) is 0 Å². The first-order valence-corrected chi connectivity index (χ1v) is 7.52. The van der Waals surface area contributed by atoms with Gasteiger partial charge in [0.15, 0.2) is 0 Å². The summed E-state index contributed by atoms with van der Waals surface area (Å²) in [7, 11) is 0. The zero-order chi connectivity index (χ0) is 15.9. The first-order valence-electron chi connectivity index (χ1n) is 6.72. The molecule has 1 aliphatic heterocycles. The first-order chi connectivity index (χ1) is 10.4. The van der Waals surface area contributed by atoms with Crippen LogP contribution in [-0.4, -0.2) is 22.0 Å². The van der Waals surface area contributed by atoms with Gasteiger partial charge in [-0.05, 0) is 31.5 Å². The lowest BCUT2D eigenvalue weighted by atomic mass is 9.92. The van der Waals surface area contributed by atoms with Crippen LogP contribution in [0.1, 0.15) is 23.9 Å². The molecule has 6 nitrogen and oxygen atoms in total. The number of aryl methyl sites for hydroxylation is 1. The normalized spacial score (nSPS) is 21.3. The Morgan fingerprint density at radius 1 is 1.32 bits per heavy atom. The quantitative estimate of drug-likeness (QED) is 0.850. The van der Waals surface area contributed by atoms with Gasteiger partial charge in [-0.3, -0.25) is 9.69 Å². The smallest absolute Gasteiger partial charge is 0.325 e. The molecule has 3 amide bonds. The van der Waals surface area contributed by atoms with Gasteiger partial charge in [0.2, 0.25) is 0 Å². The highest BCUT2D eigenvalue weighted by Gasteiger charge is 2.49. The molecule has 114 valence electrons. The molecule has 0 bridgehead atoms. The van der Waals surface area contributed by atoms with Gasteiger partial charge in [0.25, 0.3) is 5.91 Å². The van der Waals surface area contributed by atoms with Crippen molar-refractivity contribution in [3.05, 3.63) is 51.8 Å². The van der Waals surface area contributed by atoms with Crippen LogP contribution in [0.15, 0.2) is 39.3 Å². The summed E-state index contributed by atoms with van der Waals surface area (Å²) in [4.78, 5) is 26.0. The third-order valence-corrected chi connectivity index (χ3v) is 4.22. The van der Waals surface area contributed by atoms with Gasteiger partial charge in [-0.1, -0.05) is 33.2 Å². The number of benzene rings is 1. The fraction of sp³-hybridized carbons (Fsp3) is 0.267. The molecule has 1 fully saturated rings. The predicted molar refractivity (Wildman–Crippen MR) is 81.8 cm³/mol. The highest BCUT2D eigenvalue weighted by molar-refractivity contribution is 9.10. The van der Waals surface area contributed by atoms with Gasteiger partial charge in [-0.15, -0.1) is 0 Å². The summed E-state index contributed by atoms with van der Waals surface area (Å²) in [6.07, 6.45) is 0. The Balaban J connectivity index is 1.88. The van der Waals surface area contributed by atoms with Crippen LogP contribution in [0.2, 0.25) is 0 Å². The Morgan fingerprint density at radius 2 is 2.00 bits per heavy atom. The molecule has 1 aromatic heterocycles. The van der Waals surface area contributed by atoms with E-state index in [0.717, 1.165) is 14.9 Å². The zero-order valence-corrected chi connectivity index (χ0v) is 13.7. The molecule has 0 aliphatic carbocycles. The number of nitrogens with one attached hydrogen (secondary N) is 1. The van der Waals surface area contributed by atoms with Crippen LogP contribution in [-0.2, 0) is 16.9 Å². The molecule has 22 heavy (non-hydrogen) atoms. The van der Waals surface area contributed by atoms with Crippen LogP contribution in [0.3, 0.4) is 0 Å². The van der Waals surface area contributed by atoms with Gasteiger partial charge in [-0.25, -0.2) is 4.79 Å². The van der Waals surface area contributed by atoms with E-state index < -0.39 is 11.6 Å². The highest BCUT2D eigenvalue weighted by Crippen LogP contribution is 2.30. The van der Waals surface area contributed by atoms with E-state index in [-0.39, 0.29) is 12.5 Å². The molecule has 0 spiro atoms. The monoisotopic (exact) mass is 363 g/mol. The Morgan fingerprint density at radius 3 is 2.59 bits per heavy atom. The molecule has 2 heterocycles. The number of aromatic nitrogens is 1. The van der Waals surface area contributed by atoms with Gasteiger partial charge < -0.3 is 9.84 Å². The third kappa shape index (κ3) is 2.41. The number of rotatable bonds is 3. The van der Waals surface area contributed by atoms with E-state index in [9.17, 15) is 9.59 Å². The molecule has 0 radical (unpaired) electrons. The van der Waals surface area contributed by atoms with E-state index >= 15 is 0 Å². The Hall–Kier alpha value is -2.15. The van der Waals surface area contributed by atoms with E-state index in [4.69, 9.17) is 4.52 Å². The van der Waals surface area contributed by atoms with Crippen LogP contribution in [0, 0.1) is 6.92 Å². The summed E-state index contributed by atoms with van der Waals surface area (Å²) >= 11 is 3.36. The summed E-state index contributed by atoms with van der Waals surface area (Å²) in [6, 6.07) is 8.57. The molecule has 2 aromatic rings. The van der Waals surface area contributed by atoms with Gasteiger partial charge in [-0.2, -0.15) is 0 Å². The third-order valence-electron chi connectivity index (χ3n) is 3.69. The maximum Gasteiger partial charge on any atom is 0.325 e. The number of imide groups is 1. The molecule has 3 rings (SSSR count). The van der Waals surface area contributed by atoms with E-state index in [0.29, 0.717) is 11.5 Å². The van der Waals surface area contributed by atoms with Crippen molar-refractivity contribution in [3.8, 4) is 0 Å². The fourth-order valence-electron chi connectivity index (χ4n) is 2.47. The minimum Gasteiger partial charge on any atom is -0.361 e. The standard InChI is InChI=1S/C15H14BrN3O3/c1-9-7-12(18-22-9)8-19-13(20)15(2,17-14(19)21)10-3-5-11(16)6-4-10/h3-7H,8H2,1-2H3,(H,17,21)/t15-/m1/s1. The number of nitrogens with zero attached hydrogens (tertiary/aromatic N) is 2. The number of hydrogen-bond acceptors (Lipinski definition) is 4. The number of hydrogen-bond donors (Lipinski definition) is 1. The predicted octanol–water partition coefficient (Wildman–Crippen LogP) is 2.71. The largest absolute Gasteiger partial charge is 0.361 e. The summed E-state index contributed by atoms with van der Waals surface area (Å²) in [6.45, 7) is 3.55. The molecular weight excluding hydrogens is 350 g/mol. The SMILES string of the molecule is Cc1cc(CN2C(=O)N[C@](C)(c3ccc(Br)cc3)C2=O)no1. The van der Waals surface area contributed by atoms with Crippen LogP contribution in [0.5, 0.6) is 0 Å². The maximum atomic E-state index is 12.7. The minimum atomic E-state index is -1.07. The zero-order valence-electron chi connectivity index (χ0n) is 12.1. The van der Waals surface area contributed by atoms with E-state index in [2.05, 4.69) is 26.4 Å². The molecular formula is C15H14BrN3O3. The lowest BCUT2D eigenvalue weighted by molar-refractivity contribution is -0.131. The Kier molecular flexibility index (Phi) is 3.52. The summed E-state index contributed by atoms with van der Waals surface area (Å²) in [5, 5.41) is 6.58. The molecule has 0 unspecified atom stereocenters. The van der Waals surface area contributed by atoms with Gasteiger partial charge >= 0.3 is 6.03 Å². The van der Waals surface area contributed by atoms with Crippen LogP contribution < -0.4 is 5.32 Å². The van der Waals surface area contributed by atoms with Crippen molar-refractivity contribution in [2.24, 2.45) is 0 Å². The lowest BCUT2D eigenvalue weighted by Crippen LogP contribution is -2.40. The molecule has 0 saturated carbocycles. The number of carbonyl (C=O) groups excluding carboxylic acids is 2. The van der Waals surface area contributed by atoms with E-state index in [1.165, 1.54) is 0 Å². The average molecular weight is 364 g/mol. The van der Waals surface area contributed by atoms with Crippen LogP contribution >= 0.6 is 15.9 Å². The van der Waals surface area contributed by atoms with Crippen molar-refractivity contribution < 1.29 is 14.1 Å². The van der Waals surface area contributed by atoms with Crippen molar-refractivity contribution in [1.82, 2.24) is 15.4 Å². The second kappa shape index (κ2) is 5.24. The molecule has 1 atom stereocenters. The van der Waals surface area contributed by atoms with Crippen LogP contribution in [0.4, 0.5) is 4.79 Å². The summed E-state index contributed by atoms with van der Waals surface area (Å²) < 4.78 is 5.88. The number of carbonyl (C=O) groups is 2. The van der Waals surface area contributed by atoms with Crippen LogP contribution in [0.25, 0.3) is 0 Å². The molecule has 1 aliphatic rings. The van der Waals surface area contributed by atoms with Crippen molar-refractivity contribution in [2.45, 2.75) is 25.9 Å². The highest BCUT2D eigenvalue weighted by atomic mass is 79.9. The number of halogens is 1.